The number of ketones is 1. The molecule has 2 amide bonds. The van der Waals surface area contributed by atoms with E-state index in [0.717, 1.165) is 32.1 Å². The van der Waals surface area contributed by atoms with Crippen molar-refractivity contribution in [1.82, 2.24) is 9.80 Å². The summed E-state index contributed by atoms with van der Waals surface area (Å²) >= 11 is 0. The zero-order valence-corrected chi connectivity index (χ0v) is 31.9. The Morgan fingerprint density at radius 1 is 0.600 bits per heavy atom. The highest BCUT2D eigenvalue weighted by Gasteiger charge is 2.42. The Bertz CT molecular complexity index is 2100. The van der Waals surface area contributed by atoms with Gasteiger partial charge in [-0.2, -0.15) is 0 Å². The van der Waals surface area contributed by atoms with Crippen molar-refractivity contribution in [2.75, 3.05) is 0 Å². The van der Waals surface area contributed by atoms with Gasteiger partial charge in [-0.05, 0) is 71.9 Å². The lowest BCUT2D eigenvalue weighted by Crippen LogP contribution is -2.31. The predicted octanol–water partition coefficient (Wildman–Crippen LogP) is 10.9. The third-order valence-electron chi connectivity index (χ3n) is 10.3. The standard InChI is InChI=1S/C28H27NO2.C22H23NO/c1-2-3-18-29-25(20-26(28(29)31)27(30)24-12-8-5-9-13-24)19-21-14-16-23(17-15-21)22-10-6-4-7-11-22;1-3-4-14-23-21(15-17(2)22(23)24)16-18-10-12-20(13-11-18)19-8-6-5-7-9-19/h3-18,25-26H,2,19-20H2,1H3;4-14,21H,2-3,15-16H2,1H3/b18-3+;14-4+/t25-,26?;21-/m10/s1. The van der Waals surface area contributed by atoms with Crippen molar-refractivity contribution in [3.63, 3.8) is 0 Å². The van der Waals surface area contributed by atoms with Gasteiger partial charge in [-0.3, -0.25) is 14.4 Å². The number of nitrogens with zero attached hydrogens (tertiary/aromatic N) is 2. The maximum Gasteiger partial charge on any atom is 0.253 e. The zero-order valence-electron chi connectivity index (χ0n) is 31.9. The van der Waals surface area contributed by atoms with Crippen LogP contribution in [0.1, 0.15) is 61.0 Å². The molecule has 2 aliphatic rings. The van der Waals surface area contributed by atoms with Gasteiger partial charge < -0.3 is 9.80 Å². The summed E-state index contributed by atoms with van der Waals surface area (Å²) in [5, 5.41) is 0. The van der Waals surface area contributed by atoms with Crippen LogP contribution in [0.4, 0.5) is 0 Å². The largest absolute Gasteiger partial charge is 0.315 e. The average molecular weight is 727 g/mol. The third kappa shape index (κ3) is 9.73. The lowest BCUT2D eigenvalue weighted by molar-refractivity contribution is -0.128. The molecule has 55 heavy (non-hydrogen) atoms. The fourth-order valence-electron chi connectivity index (χ4n) is 7.33. The summed E-state index contributed by atoms with van der Waals surface area (Å²) < 4.78 is 0. The number of hydrogen-bond donors (Lipinski definition) is 0. The molecule has 2 fully saturated rings. The molecule has 0 spiro atoms. The summed E-state index contributed by atoms with van der Waals surface area (Å²) in [7, 11) is 0. The molecule has 7 rings (SSSR count). The molecule has 2 aliphatic heterocycles. The van der Waals surface area contributed by atoms with E-state index in [1.165, 1.54) is 33.4 Å². The smallest absolute Gasteiger partial charge is 0.253 e. The summed E-state index contributed by atoms with van der Waals surface area (Å²) in [5.41, 5.74) is 8.53. The van der Waals surface area contributed by atoms with Crippen LogP contribution < -0.4 is 0 Å². The SMILES string of the molecule is C=C1C[C@@H](Cc2ccc(-c3ccccc3)cc2)N(/C=C/CC)C1=O.CC/C=C/N1C(=O)C(C(=O)c2ccccc2)C[C@H]1Cc1ccc(-c2ccccc2)cc1. The Kier molecular flexibility index (Phi) is 13.2. The van der Waals surface area contributed by atoms with E-state index in [9.17, 15) is 14.4 Å². The van der Waals surface area contributed by atoms with Crippen molar-refractivity contribution < 1.29 is 14.4 Å². The molecule has 0 aromatic heterocycles. The maximum atomic E-state index is 13.1. The predicted molar refractivity (Wildman–Crippen MR) is 224 cm³/mol. The van der Waals surface area contributed by atoms with Crippen molar-refractivity contribution in [2.45, 2.75) is 64.5 Å². The van der Waals surface area contributed by atoms with Crippen LogP contribution in [0, 0.1) is 5.92 Å². The minimum absolute atomic E-state index is 0.0180. The first-order chi connectivity index (χ1) is 26.9. The molecule has 0 saturated carbocycles. The second kappa shape index (κ2) is 18.8. The number of carbonyl (C=O) groups is 3. The Labute approximate surface area is 326 Å². The monoisotopic (exact) mass is 726 g/mol. The Hall–Kier alpha value is -6.07. The minimum atomic E-state index is -0.613. The van der Waals surface area contributed by atoms with Crippen LogP contribution in [0.15, 0.2) is 176 Å². The van der Waals surface area contributed by atoms with Gasteiger partial charge in [-0.15, -0.1) is 0 Å². The van der Waals surface area contributed by atoms with Gasteiger partial charge in [0.15, 0.2) is 5.78 Å². The first-order valence-corrected chi connectivity index (χ1v) is 19.4. The lowest BCUT2D eigenvalue weighted by Gasteiger charge is -2.21. The van der Waals surface area contributed by atoms with Crippen molar-refractivity contribution in [1.29, 1.82) is 0 Å². The summed E-state index contributed by atoms with van der Waals surface area (Å²) in [4.78, 5) is 42.0. The minimum Gasteiger partial charge on any atom is -0.315 e. The van der Waals surface area contributed by atoms with Gasteiger partial charge in [0.2, 0.25) is 5.91 Å². The number of hydrogen-bond acceptors (Lipinski definition) is 3. The van der Waals surface area contributed by atoms with E-state index in [2.05, 4.69) is 98.4 Å². The quantitative estimate of drug-likeness (QED) is 0.0731. The Balaban J connectivity index is 0.000000193. The number of carbonyl (C=O) groups excluding carboxylic acids is 3. The van der Waals surface area contributed by atoms with Crippen LogP contribution in [-0.2, 0) is 22.4 Å². The van der Waals surface area contributed by atoms with Crippen LogP contribution in [0.5, 0.6) is 0 Å². The highest BCUT2D eigenvalue weighted by Crippen LogP contribution is 2.32. The summed E-state index contributed by atoms with van der Waals surface area (Å²) in [6, 6.07) is 47.1. The molecule has 278 valence electrons. The fourth-order valence-corrected chi connectivity index (χ4v) is 7.33. The highest BCUT2D eigenvalue weighted by molar-refractivity contribution is 6.11. The van der Waals surface area contributed by atoms with E-state index in [0.29, 0.717) is 17.6 Å². The van der Waals surface area contributed by atoms with E-state index in [4.69, 9.17) is 0 Å². The van der Waals surface area contributed by atoms with Gasteiger partial charge in [-0.25, -0.2) is 0 Å². The summed E-state index contributed by atoms with van der Waals surface area (Å²) in [5.74, 6) is -0.727. The molecular weight excluding hydrogens is 677 g/mol. The molecule has 0 aliphatic carbocycles. The molecule has 0 N–H and O–H groups in total. The molecule has 0 bridgehead atoms. The van der Waals surface area contributed by atoms with Crippen molar-refractivity contribution in [2.24, 2.45) is 5.92 Å². The Morgan fingerprint density at radius 3 is 1.53 bits per heavy atom. The van der Waals surface area contributed by atoms with Gasteiger partial charge in [0.05, 0.1) is 0 Å². The van der Waals surface area contributed by atoms with Gasteiger partial charge in [0, 0.05) is 35.6 Å². The molecule has 5 aromatic carbocycles. The normalized spacial score (nSPS) is 18.3. The highest BCUT2D eigenvalue weighted by atomic mass is 16.2. The first-order valence-electron chi connectivity index (χ1n) is 19.4. The molecule has 3 atom stereocenters. The molecular formula is C50H50N2O3. The molecule has 1 unspecified atom stereocenters. The maximum absolute atomic E-state index is 13.1. The number of allylic oxidation sites excluding steroid dienone is 2. The van der Waals surface area contributed by atoms with Crippen molar-refractivity contribution in [3.05, 3.63) is 193 Å². The van der Waals surface area contributed by atoms with Crippen molar-refractivity contribution in [3.8, 4) is 22.3 Å². The average Bonchev–Trinajstić information content (AvgIpc) is 3.69. The first kappa shape index (κ1) is 38.6. The second-order valence-corrected chi connectivity index (χ2v) is 14.2. The molecule has 2 heterocycles. The van der Waals surface area contributed by atoms with Crippen LogP contribution in [0.25, 0.3) is 22.3 Å². The van der Waals surface area contributed by atoms with Crippen LogP contribution in [-0.4, -0.2) is 39.5 Å². The van der Waals surface area contributed by atoms with E-state index < -0.39 is 5.92 Å². The second-order valence-electron chi connectivity index (χ2n) is 14.2. The number of amides is 2. The number of Topliss-reactive ketones (excluding diaryl/α,β-unsaturated/α-hetero) is 1. The molecule has 5 aromatic rings. The number of rotatable bonds is 12. The van der Waals surface area contributed by atoms with E-state index in [1.54, 1.807) is 17.0 Å². The summed E-state index contributed by atoms with van der Waals surface area (Å²) in [6.07, 6.45) is 12.4. The van der Waals surface area contributed by atoms with E-state index in [-0.39, 0.29) is 29.7 Å². The van der Waals surface area contributed by atoms with Crippen molar-refractivity contribution >= 4 is 17.6 Å². The van der Waals surface area contributed by atoms with Crippen LogP contribution in [0.2, 0.25) is 0 Å². The van der Waals surface area contributed by atoms with Gasteiger partial charge in [0.25, 0.3) is 5.91 Å². The van der Waals surface area contributed by atoms with E-state index >= 15 is 0 Å². The Morgan fingerprint density at radius 2 is 1.04 bits per heavy atom. The third-order valence-corrected chi connectivity index (χ3v) is 10.3. The molecule has 0 radical (unpaired) electrons. The van der Waals surface area contributed by atoms with Crippen LogP contribution in [0.3, 0.4) is 0 Å². The fraction of sp³-hybridized carbons (Fsp3) is 0.220. The zero-order chi connectivity index (χ0) is 38.6. The lowest BCUT2D eigenvalue weighted by atomic mass is 9.92. The molecule has 5 nitrogen and oxygen atoms in total. The summed E-state index contributed by atoms with van der Waals surface area (Å²) in [6.45, 7) is 8.03. The number of likely N-dealkylation sites (tertiary alicyclic amines) is 2. The molecule has 2 saturated heterocycles. The van der Waals surface area contributed by atoms with Gasteiger partial charge >= 0.3 is 0 Å². The molecule has 5 heteroatoms. The van der Waals surface area contributed by atoms with Crippen LogP contribution >= 0.6 is 0 Å². The topological polar surface area (TPSA) is 57.7 Å². The number of benzene rings is 5. The van der Waals surface area contributed by atoms with E-state index in [1.807, 2.05) is 78.8 Å². The van der Waals surface area contributed by atoms with Gasteiger partial charge in [0.1, 0.15) is 5.92 Å². The van der Waals surface area contributed by atoms with Gasteiger partial charge in [-0.1, -0.05) is 172 Å².